The molecule has 0 amide bonds. The third-order valence-electron chi connectivity index (χ3n) is 4.05. The summed E-state index contributed by atoms with van der Waals surface area (Å²) in [4.78, 5) is 17.2. The number of aromatic nitrogens is 2. The second-order valence-corrected chi connectivity index (χ2v) is 7.22. The lowest BCUT2D eigenvalue weighted by atomic mass is 10.1. The van der Waals surface area contributed by atoms with Crippen LogP contribution < -0.4 is 10.9 Å². The van der Waals surface area contributed by atoms with Gasteiger partial charge in [0, 0.05) is 11.7 Å². The minimum atomic E-state index is -0.624. The fraction of sp³-hybridized carbons (Fsp3) is 0.200. The van der Waals surface area contributed by atoms with Crippen molar-refractivity contribution in [1.29, 1.82) is 0 Å². The van der Waals surface area contributed by atoms with Crippen LogP contribution in [-0.4, -0.2) is 20.0 Å². The van der Waals surface area contributed by atoms with Crippen LogP contribution in [-0.2, 0) is 0 Å². The van der Waals surface area contributed by atoms with Crippen molar-refractivity contribution in [2.45, 2.75) is 26.3 Å². The van der Waals surface area contributed by atoms with Crippen LogP contribution in [0.2, 0.25) is 0 Å². The van der Waals surface area contributed by atoms with E-state index in [1.54, 1.807) is 24.3 Å². The molecule has 0 aliphatic rings. The van der Waals surface area contributed by atoms with Crippen LogP contribution >= 0.6 is 0 Å². The molecule has 0 spiro atoms. The largest absolute Gasteiger partial charge is 0.506 e. The minimum absolute atomic E-state index is 0.0548. The summed E-state index contributed by atoms with van der Waals surface area (Å²) in [5, 5.41) is 14.7. The number of aromatic hydroxyl groups is 1. The maximum Gasteiger partial charge on any atom is 0.349 e. The van der Waals surface area contributed by atoms with E-state index >= 15 is 0 Å². The highest BCUT2D eigenvalue weighted by molar-refractivity contribution is 5.92. The van der Waals surface area contributed by atoms with E-state index in [0.29, 0.717) is 28.1 Å². The van der Waals surface area contributed by atoms with Gasteiger partial charge in [-0.3, -0.25) is 4.40 Å². The van der Waals surface area contributed by atoms with E-state index in [-0.39, 0.29) is 16.9 Å². The van der Waals surface area contributed by atoms with Gasteiger partial charge in [-0.2, -0.15) is 0 Å². The number of para-hydroxylation sites is 1. The lowest BCUT2D eigenvalue weighted by Gasteiger charge is -2.22. The molecule has 2 N–H and O–H groups in total. The zero-order chi connectivity index (χ0) is 18.5. The van der Waals surface area contributed by atoms with Gasteiger partial charge in [-0.15, -0.1) is 0 Å². The second kappa shape index (κ2) is 5.62. The summed E-state index contributed by atoms with van der Waals surface area (Å²) in [7, 11) is 0. The van der Waals surface area contributed by atoms with Gasteiger partial charge in [-0.1, -0.05) is 18.2 Å². The van der Waals surface area contributed by atoms with Crippen molar-refractivity contribution in [2.24, 2.45) is 0 Å². The number of benzene rings is 1. The Morgan fingerprint density at radius 3 is 2.62 bits per heavy atom. The third kappa shape index (κ3) is 2.60. The Hall–Kier alpha value is -3.28. The van der Waals surface area contributed by atoms with Gasteiger partial charge in [-0.25, -0.2) is 9.78 Å². The van der Waals surface area contributed by atoms with Crippen LogP contribution in [0.4, 0.5) is 5.82 Å². The molecule has 0 saturated carbocycles. The van der Waals surface area contributed by atoms with Gasteiger partial charge in [0.25, 0.3) is 0 Å². The fourth-order valence-corrected chi connectivity index (χ4v) is 2.99. The first-order chi connectivity index (χ1) is 12.3. The first-order valence-electron chi connectivity index (χ1n) is 8.35. The minimum Gasteiger partial charge on any atom is -0.506 e. The summed E-state index contributed by atoms with van der Waals surface area (Å²) in [6.45, 7) is 6.05. The van der Waals surface area contributed by atoms with E-state index in [9.17, 15) is 9.90 Å². The normalized spacial score (nSPS) is 12.0. The average molecular weight is 349 g/mol. The van der Waals surface area contributed by atoms with Gasteiger partial charge in [0.2, 0.25) is 0 Å². The molecule has 0 bridgehead atoms. The monoisotopic (exact) mass is 349 g/mol. The molecule has 3 heterocycles. The van der Waals surface area contributed by atoms with Crippen LogP contribution in [0.15, 0.2) is 57.9 Å². The Kier molecular flexibility index (Phi) is 3.50. The summed E-state index contributed by atoms with van der Waals surface area (Å²) < 4.78 is 7.27. The highest BCUT2D eigenvalue weighted by atomic mass is 16.4. The SMILES string of the molecule is CC(C)(C)Nc1c(-c2c(O)c3ccccc3oc2=O)nc2ccccn12. The molecule has 0 radical (unpaired) electrons. The summed E-state index contributed by atoms with van der Waals surface area (Å²) >= 11 is 0. The predicted octanol–water partition coefficient (Wildman–Crippen LogP) is 4.02. The van der Waals surface area contributed by atoms with Crippen molar-refractivity contribution in [3.05, 3.63) is 59.1 Å². The number of fused-ring (bicyclic) bond motifs is 2. The lowest BCUT2D eigenvalue weighted by Crippen LogP contribution is -2.27. The van der Waals surface area contributed by atoms with Gasteiger partial charge in [0.15, 0.2) is 0 Å². The van der Waals surface area contributed by atoms with E-state index in [1.807, 2.05) is 49.6 Å². The van der Waals surface area contributed by atoms with E-state index in [1.165, 1.54) is 0 Å². The van der Waals surface area contributed by atoms with E-state index in [0.717, 1.165) is 0 Å². The molecule has 1 aromatic carbocycles. The van der Waals surface area contributed by atoms with Gasteiger partial charge >= 0.3 is 5.63 Å². The lowest BCUT2D eigenvalue weighted by molar-refractivity contribution is 0.471. The average Bonchev–Trinajstić information content (AvgIpc) is 2.92. The number of imidazole rings is 1. The predicted molar refractivity (Wildman–Crippen MR) is 102 cm³/mol. The highest BCUT2D eigenvalue weighted by Gasteiger charge is 2.25. The summed E-state index contributed by atoms with van der Waals surface area (Å²) in [6.07, 6.45) is 1.86. The summed E-state index contributed by atoms with van der Waals surface area (Å²) in [5.41, 5.74) is 0.533. The molecular formula is C20H19N3O3. The molecule has 0 aliphatic heterocycles. The molecule has 0 unspecified atom stereocenters. The quantitative estimate of drug-likeness (QED) is 0.534. The van der Waals surface area contributed by atoms with Gasteiger partial charge in [0.1, 0.15) is 34.1 Å². The molecule has 0 atom stereocenters. The van der Waals surface area contributed by atoms with Gasteiger partial charge in [0.05, 0.1) is 5.39 Å². The van der Waals surface area contributed by atoms with Crippen LogP contribution in [0.25, 0.3) is 27.9 Å². The molecule has 0 fully saturated rings. The third-order valence-corrected chi connectivity index (χ3v) is 4.05. The number of hydrogen-bond acceptors (Lipinski definition) is 5. The van der Waals surface area contributed by atoms with E-state index in [2.05, 4.69) is 10.3 Å². The van der Waals surface area contributed by atoms with Crippen LogP contribution in [0.1, 0.15) is 20.8 Å². The van der Waals surface area contributed by atoms with E-state index in [4.69, 9.17) is 4.42 Å². The van der Waals surface area contributed by atoms with Gasteiger partial charge in [-0.05, 0) is 45.0 Å². The van der Waals surface area contributed by atoms with Crippen molar-refractivity contribution in [3.63, 3.8) is 0 Å². The molecule has 3 aromatic heterocycles. The number of rotatable bonds is 2. The molecule has 26 heavy (non-hydrogen) atoms. The number of pyridine rings is 1. The van der Waals surface area contributed by atoms with Crippen molar-refractivity contribution < 1.29 is 9.52 Å². The number of anilines is 1. The number of nitrogens with zero attached hydrogens (tertiary/aromatic N) is 2. The maximum atomic E-state index is 12.6. The Morgan fingerprint density at radius 1 is 1.12 bits per heavy atom. The molecule has 0 saturated heterocycles. The first-order valence-corrected chi connectivity index (χ1v) is 8.35. The summed E-state index contributed by atoms with van der Waals surface area (Å²) in [5.74, 6) is 0.503. The molecule has 6 nitrogen and oxygen atoms in total. The van der Waals surface area contributed by atoms with Crippen molar-refractivity contribution >= 4 is 22.4 Å². The molecule has 6 heteroatoms. The number of hydrogen-bond donors (Lipinski definition) is 2. The molecule has 132 valence electrons. The van der Waals surface area contributed by atoms with Crippen molar-refractivity contribution in [2.75, 3.05) is 5.32 Å². The standard InChI is InChI=1S/C20H19N3O3/c1-20(2,3)22-18-16(21-14-10-6-7-11-23(14)18)15-17(24)12-8-4-5-9-13(12)26-19(15)25/h4-11,22,24H,1-3H3. The summed E-state index contributed by atoms with van der Waals surface area (Å²) in [6, 6.07) is 12.5. The zero-order valence-corrected chi connectivity index (χ0v) is 14.8. The van der Waals surface area contributed by atoms with Crippen molar-refractivity contribution in [1.82, 2.24) is 9.38 Å². The molecule has 4 aromatic rings. The topological polar surface area (TPSA) is 79.8 Å². The maximum absolute atomic E-state index is 12.6. The Bertz CT molecular complexity index is 1180. The highest BCUT2D eigenvalue weighted by Crippen LogP contribution is 2.37. The van der Waals surface area contributed by atoms with Crippen molar-refractivity contribution in [3.8, 4) is 17.0 Å². The Labute approximate surface area is 149 Å². The molecule has 0 aliphatic carbocycles. The Morgan fingerprint density at radius 2 is 1.85 bits per heavy atom. The Balaban J connectivity index is 2.08. The van der Waals surface area contributed by atoms with Crippen LogP contribution in [0, 0.1) is 0 Å². The van der Waals surface area contributed by atoms with Crippen LogP contribution in [0.5, 0.6) is 5.75 Å². The molecule has 4 rings (SSSR count). The fourth-order valence-electron chi connectivity index (χ4n) is 2.99. The first kappa shape index (κ1) is 16.2. The second-order valence-electron chi connectivity index (χ2n) is 7.22. The smallest absolute Gasteiger partial charge is 0.349 e. The van der Waals surface area contributed by atoms with E-state index < -0.39 is 5.63 Å². The number of nitrogens with one attached hydrogen (secondary N) is 1. The van der Waals surface area contributed by atoms with Crippen LogP contribution in [0.3, 0.4) is 0 Å². The van der Waals surface area contributed by atoms with Gasteiger partial charge < -0.3 is 14.8 Å². The zero-order valence-electron chi connectivity index (χ0n) is 14.8. The molecular weight excluding hydrogens is 330 g/mol.